The van der Waals surface area contributed by atoms with E-state index in [0.29, 0.717) is 5.41 Å². The van der Waals surface area contributed by atoms with Gasteiger partial charge in [-0.15, -0.1) is 12.4 Å². The van der Waals surface area contributed by atoms with Gasteiger partial charge in [0.05, 0.1) is 13.2 Å². The Labute approximate surface area is 111 Å². The largest absolute Gasteiger partial charge is 0.396 e. The maximum atomic E-state index is 9.26. The van der Waals surface area contributed by atoms with Crippen LogP contribution in [0.2, 0.25) is 0 Å². The molecule has 3 N–H and O–H groups in total. The summed E-state index contributed by atoms with van der Waals surface area (Å²) in [5.74, 6) is 0. The Morgan fingerprint density at radius 3 is 2.35 bits per heavy atom. The molecule has 0 aromatic rings. The van der Waals surface area contributed by atoms with Gasteiger partial charge >= 0.3 is 0 Å². The van der Waals surface area contributed by atoms with Crippen molar-refractivity contribution in [3.8, 4) is 0 Å². The number of aliphatic hydroxyl groups excluding tert-OH is 2. The molecule has 4 nitrogen and oxygen atoms in total. The van der Waals surface area contributed by atoms with Crippen molar-refractivity contribution >= 4 is 12.4 Å². The highest BCUT2D eigenvalue weighted by Gasteiger charge is 2.32. The predicted molar refractivity (Wildman–Crippen MR) is 72.6 cm³/mol. The van der Waals surface area contributed by atoms with Gasteiger partial charge in [-0.05, 0) is 25.4 Å². The highest BCUT2D eigenvalue weighted by Crippen LogP contribution is 2.26. The molecule has 0 amide bonds. The fraction of sp³-hybridized carbons (Fsp3) is 1.00. The fourth-order valence-corrected chi connectivity index (χ4v) is 2.51. The number of nitrogens with zero attached hydrogens (tertiary/aromatic N) is 1. The van der Waals surface area contributed by atoms with Crippen molar-refractivity contribution in [2.24, 2.45) is 10.8 Å². The first-order valence-corrected chi connectivity index (χ1v) is 6.04. The third-order valence-electron chi connectivity index (χ3n) is 3.52. The standard InChI is InChI=1S/C12H26N2O2.ClH/c1-11(4-5-13-6-11)7-14(3)8-12(2,9-15)10-16;/h13,15-16H,4-10H2,1-3H3;1H. The van der Waals surface area contributed by atoms with Crippen LogP contribution in [0.3, 0.4) is 0 Å². The molecular weight excluding hydrogens is 240 g/mol. The highest BCUT2D eigenvalue weighted by atomic mass is 35.5. The zero-order valence-electron chi connectivity index (χ0n) is 11.2. The van der Waals surface area contributed by atoms with Crippen LogP contribution in [0, 0.1) is 10.8 Å². The molecule has 1 rings (SSSR count). The second-order valence-corrected chi connectivity index (χ2v) is 6.04. The lowest BCUT2D eigenvalue weighted by Crippen LogP contribution is -2.43. The van der Waals surface area contributed by atoms with Crippen molar-refractivity contribution in [2.45, 2.75) is 20.3 Å². The van der Waals surface area contributed by atoms with Crippen molar-refractivity contribution in [1.29, 1.82) is 0 Å². The summed E-state index contributed by atoms with van der Waals surface area (Å²) in [6.07, 6.45) is 1.20. The molecule has 1 atom stereocenters. The van der Waals surface area contributed by atoms with Crippen molar-refractivity contribution in [2.75, 3.05) is 46.4 Å². The first-order chi connectivity index (χ1) is 7.43. The Bertz CT molecular complexity index is 211. The third-order valence-corrected chi connectivity index (χ3v) is 3.52. The van der Waals surface area contributed by atoms with Crippen LogP contribution in [0.25, 0.3) is 0 Å². The summed E-state index contributed by atoms with van der Waals surface area (Å²) in [6, 6.07) is 0. The lowest BCUT2D eigenvalue weighted by molar-refractivity contribution is 0.0331. The Hall–Kier alpha value is 0.130. The fourth-order valence-electron chi connectivity index (χ4n) is 2.51. The highest BCUT2D eigenvalue weighted by molar-refractivity contribution is 5.85. The number of rotatable bonds is 6. The zero-order valence-corrected chi connectivity index (χ0v) is 12.0. The second kappa shape index (κ2) is 6.90. The van der Waals surface area contributed by atoms with Crippen molar-refractivity contribution in [3.05, 3.63) is 0 Å². The van der Waals surface area contributed by atoms with E-state index in [-0.39, 0.29) is 25.6 Å². The van der Waals surface area contributed by atoms with E-state index in [2.05, 4.69) is 24.2 Å². The molecule has 5 heteroatoms. The van der Waals surface area contributed by atoms with Gasteiger partial charge in [-0.1, -0.05) is 13.8 Å². The van der Waals surface area contributed by atoms with E-state index in [1.807, 2.05) is 6.92 Å². The molecule has 0 bridgehead atoms. The van der Waals surface area contributed by atoms with E-state index >= 15 is 0 Å². The Morgan fingerprint density at radius 2 is 1.94 bits per heavy atom. The van der Waals surface area contributed by atoms with Crippen molar-refractivity contribution < 1.29 is 10.2 Å². The van der Waals surface area contributed by atoms with Gasteiger partial charge in [0, 0.05) is 25.0 Å². The van der Waals surface area contributed by atoms with E-state index < -0.39 is 5.41 Å². The molecule has 1 aliphatic rings. The quantitative estimate of drug-likeness (QED) is 0.649. The van der Waals surface area contributed by atoms with E-state index in [1.165, 1.54) is 6.42 Å². The van der Waals surface area contributed by atoms with Gasteiger partial charge in [0.15, 0.2) is 0 Å². The molecule has 1 unspecified atom stereocenters. The minimum atomic E-state index is -0.392. The molecule has 0 aromatic heterocycles. The van der Waals surface area contributed by atoms with E-state index in [0.717, 1.165) is 26.2 Å². The van der Waals surface area contributed by atoms with Gasteiger partial charge in [0.2, 0.25) is 0 Å². The number of hydrogen-bond acceptors (Lipinski definition) is 4. The summed E-state index contributed by atoms with van der Waals surface area (Å²) in [5, 5.41) is 21.9. The first kappa shape index (κ1) is 17.1. The van der Waals surface area contributed by atoms with E-state index in [4.69, 9.17) is 0 Å². The van der Waals surface area contributed by atoms with Crippen molar-refractivity contribution in [1.82, 2.24) is 10.2 Å². The molecule has 0 spiro atoms. The monoisotopic (exact) mass is 266 g/mol. The van der Waals surface area contributed by atoms with Gasteiger partial charge in [-0.3, -0.25) is 0 Å². The molecule has 1 heterocycles. The van der Waals surface area contributed by atoms with E-state index in [1.54, 1.807) is 0 Å². The second-order valence-electron chi connectivity index (χ2n) is 6.04. The Balaban J connectivity index is 0.00000256. The lowest BCUT2D eigenvalue weighted by Gasteiger charge is -2.35. The van der Waals surface area contributed by atoms with Crippen LogP contribution in [-0.4, -0.2) is 61.6 Å². The van der Waals surface area contributed by atoms with Gasteiger partial charge in [-0.2, -0.15) is 0 Å². The predicted octanol–water partition coefficient (Wildman–Crippen LogP) is 0.330. The van der Waals surface area contributed by atoms with Crippen LogP contribution in [0.1, 0.15) is 20.3 Å². The normalized spacial score (nSPS) is 25.1. The molecule has 0 saturated carbocycles. The summed E-state index contributed by atoms with van der Waals surface area (Å²) >= 11 is 0. The zero-order chi connectivity index (χ0) is 12.2. The summed E-state index contributed by atoms with van der Waals surface area (Å²) in [6.45, 7) is 8.17. The molecule has 104 valence electrons. The average molecular weight is 267 g/mol. The Kier molecular flexibility index (Phi) is 6.95. The van der Waals surface area contributed by atoms with E-state index in [9.17, 15) is 10.2 Å². The van der Waals surface area contributed by atoms with Gasteiger partial charge in [-0.25, -0.2) is 0 Å². The van der Waals surface area contributed by atoms with Crippen LogP contribution in [-0.2, 0) is 0 Å². The maximum Gasteiger partial charge on any atom is 0.0519 e. The SMILES string of the molecule is CN(CC(C)(CO)CO)CC1(C)CCNC1.Cl. The number of hydrogen-bond donors (Lipinski definition) is 3. The Morgan fingerprint density at radius 1 is 1.35 bits per heavy atom. The first-order valence-electron chi connectivity index (χ1n) is 6.04. The smallest absolute Gasteiger partial charge is 0.0519 e. The van der Waals surface area contributed by atoms with Crippen LogP contribution >= 0.6 is 12.4 Å². The molecular formula is C12H27ClN2O2. The molecule has 0 aliphatic carbocycles. The summed E-state index contributed by atoms with van der Waals surface area (Å²) in [7, 11) is 2.06. The average Bonchev–Trinajstić information content (AvgIpc) is 2.64. The third kappa shape index (κ3) is 5.10. The molecule has 1 fully saturated rings. The van der Waals surface area contributed by atoms with Crippen LogP contribution < -0.4 is 5.32 Å². The van der Waals surface area contributed by atoms with Crippen LogP contribution in [0.5, 0.6) is 0 Å². The van der Waals surface area contributed by atoms with Gasteiger partial charge < -0.3 is 20.4 Å². The molecule has 1 aliphatic heterocycles. The summed E-state index contributed by atoms with van der Waals surface area (Å²) in [5.41, 5.74) is -0.0578. The number of aliphatic hydroxyl groups is 2. The summed E-state index contributed by atoms with van der Waals surface area (Å²) < 4.78 is 0. The minimum Gasteiger partial charge on any atom is -0.396 e. The molecule has 0 aromatic carbocycles. The van der Waals surface area contributed by atoms with Crippen molar-refractivity contribution in [3.63, 3.8) is 0 Å². The lowest BCUT2D eigenvalue weighted by atomic mass is 9.87. The summed E-state index contributed by atoms with van der Waals surface area (Å²) in [4.78, 5) is 2.22. The molecule has 1 saturated heterocycles. The minimum absolute atomic E-state index is 0. The van der Waals surface area contributed by atoms with Crippen LogP contribution in [0.15, 0.2) is 0 Å². The van der Waals surface area contributed by atoms with Gasteiger partial charge in [0.25, 0.3) is 0 Å². The topological polar surface area (TPSA) is 55.7 Å². The number of nitrogens with one attached hydrogen (secondary N) is 1. The molecule has 17 heavy (non-hydrogen) atoms. The molecule has 0 radical (unpaired) electrons. The van der Waals surface area contributed by atoms with Crippen LogP contribution in [0.4, 0.5) is 0 Å². The number of halogens is 1. The maximum absolute atomic E-state index is 9.26. The van der Waals surface area contributed by atoms with Gasteiger partial charge in [0.1, 0.15) is 0 Å².